The Hall–Kier alpha value is -2.15. The van der Waals surface area contributed by atoms with Gasteiger partial charge in [-0.1, -0.05) is 5.16 Å². The van der Waals surface area contributed by atoms with Gasteiger partial charge in [0.25, 0.3) is 0 Å². The molecule has 0 saturated carbocycles. The van der Waals surface area contributed by atoms with Gasteiger partial charge in [-0.3, -0.25) is 0 Å². The van der Waals surface area contributed by atoms with Crippen LogP contribution in [0.4, 0.5) is 17.5 Å². The molecular formula is C14H20N6O. The van der Waals surface area contributed by atoms with Gasteiger partial charge in [-0.2, -0.15) is 0 Å². The number of aromatic nitrogens is 3. The molecule has 7 nitrogen and oxygen atoms in total. The number of aryl methyl sites for hydroxylation is 2. The van der Waals surface area contributed by atoms with Crippen LogP contribution in [0.25, 0.3) is 0 Å². The predicted octanol–water partition coefficient (Wildman–Crippen LogP) is 1.58. The molecule has 0 radical (unpaired) electrons. The molecule has 0 aliphatic carbocycles. The topological polar surface area (TPSA) is 70.3 Å². The normalized spacial score (nSPS) is 16.2. The third-order valence-corrected chi connectivity index (χ3v) is 3.54. The van der Waals surface area contributed by atoms with Crippen molar-refractivity contribution < 1.29 is 4.52 Å². The first-order valence-electron chi connectivity index (χ1n) is 7.10. The van der Waals surface area contributed by atoms with Gasteiger partial charge in [0.15, 0.2) is 5.82 Å². The fourth-order valence-electron chi connectivity index (χ4n) is 2.37. The Morgan fingerprint density at radius 3 is 2.48 bits per heavy atom. The highest BCUT2D eigenvalue weighted by molar-refractivity contribution is 5.56. The summed E-state index contributed by atoms with van der Waals surface area (Å²) in [7, 11) is 2.14. The number of likely N-dealkylation sites (N-methyl/N-ethyl adjacent to an activating group) is 1. The van der Waals surface area contributed by atoms with Gasteiger partial charge in [0.2, 0.25) is 0 Å². The van der Waals surface area contributed by atoms with Crippen LogP contribution in [0.1, 0.15) is 11.6 Å². The summed E-state index contributed by atoms with van der Waals surface area (Å²) < 4.78 is 5.05. The third kappa shape index (κ3) is 3.30. The van der Waals surface area contributed by atoms with Gasteiger partial charge in [0, 0.05) is 38.3 Å². The maximum Gasteiger partial charge on any atom is 0.175 e. The van der Waals surface area contributed by atoms with Crippen LogP contribution in [0.2, 0.25) is 0 Å². The van der Waals surface area contributed by atoms with E-state index in [0.717, 1.165) is 49.4 Å². The second-order valence-electron chi connectivity index (χ2n) is 5.40. The highest BCUT2D eigenvalue weighted by atomic mass is 16.5. The van der Waals surface area contributed by atoms with Crippen molar-refractivity contribution >= 4 is 17.5 Å². The molecule has 3 rings (SSSR count). The number of hydrogen-bond acceptors (Lipinski definition) is 7. The van der Waals surface area contributed by atoms with Gasteiger partial charge >= 0.3 is 0 Å². The van der Waals surface area contributed by atoms with Crippen LogP contribution < -0.4 is 10.2 Å². The first-order valence-corrected chi connectivity index (χ1v) is 7.10. The van der Waals surface area contributed by atoms with Crippen molar-refractivity contribution in [1.29, 1.82) is 0 Å². The fourth-order valence-corrected chi connectivity index (χ4v) is 2.37. The van der Waals surface area contributed by atoms with E-state index < -0.39 is 0 Å². The minimum absolute atomic E-state index is 0.662. The summed E-state index contributed by atoms with van der Waals surface area (Å²) in [6.45, 7) is 7.82. The quantitative estimate of drug-likeness (QED) is 0.919. The van der Waals surface area contributed by atoms with E-state index in [4.69, 9.17) is 4.52 Å². The Bertz CT molecular complexity index is 618. The van der Waals surface area contributed by atoms with Crippen LogP contribution in [0.15, 0.2) is 16.7 Å². The molecule has 2 aromatic heterocycles. The lowest BCUT2D eigenvalue weighted by Crippen LogP contribution is -2.44. The summed E-state index contributed by atoms with van der Waals surface area (Å²) in [5.41, 5.74) is 0. The molecule has 1 N–H and O–H groups in total. The standard InChI is InChI=1S/C14H20N6O/c1-10-8-13(18-21-10)17-12-9-14(16-11(2)15-12)20-6-4-19(3)5-7-20/h8-9H,4-7H2,1-3H3,(H,15,16,17,18). The smallest absolute Gasteiger partial charge is 0.175 e. The van der Waals surface area contributed by atoms with Gasteiger partial charge in [-0.05, 0) is 20.9 Å². The van der Waals surface area contributed by atoms with E-state index in [1.165, 1.54) is 0 Å². The molecule has 0 spiro atoms. The molecule has 7 heteroatoms. The summed E-state index contributed by atoms with van der Waals surface area (Å²) in [5, 5.41) is 7.09. The van der Waals surface area contributed by atoms with Gasteiger partial charge in [-0.15, -0.1) is 0 Å². The molecule has 1 fully saturated rings. The summed E-state index contributed by atoms with van der Waals surface area (Å²) in [6.07, 6.45) is 0. The molecular weight excluding hydrogens is 268 g/mol. The van der Waals surface area contributed by atoms with E-state index in [0.29, 0.717) is 5.82 Å². The maximum absolute atomic E-state index is 5.05. The SMILES string of the molecule is Cc1nc(Nc2cc(C)on2)cc(N2CCN(C)CC2)n1. The van der Waals surface area contributed by atoms with Crippen LogP contribution in [-0.4, -0.2) is 53.3 Å². The lowest BCUT2D eigenvalue weighted by Gasteiger charge is -2.33. The van der Waals surface area contributed by atoms with Crippen molar-refractivity contribution in [2.45, 2.75) is 13.8 Å². The van der Waals surface area contributed by atoms with E-state index >= 15 is 0 Å². The highest BCUT2D eigenvalue weighted by Gasteiger charge is 2.16. The highest BCUT2D eigenvalue weighted by Crippen LogP contribution is 2.20. The average Bonchev–Trinajstić information content (AvgIpc) is 2.84. The van der Waals surface area contributed by atoms with Crippen molar-refractivity contribution in [2.75, 3.05) is 43.4 Å². The van der Waals surface area contributed by atoms with Crippen LogP contribution in [0.5, 0.6) is 0 Å². The average molecular weight is 288 g/mol. The first-order chi connectivity index (χ1) is 10.1. The predicted molar refractivity (Wildman–Crippen MR) is 81.0 cm³/mol. The minimum atomic E-state index is 0.662. The Labute approximate surface area is 124 Å². The zero-order valence-corrected chi connectivity index (χ0v) is 12.6. The lowest BCUT2D eigenvalue weighted by atomic mass is 10.3. The molecule has 21 heavy (non-hydrogen) atoms. The van der Waals surface area contributed by atoms with Gasteiger partial charge in [-0.25, -0.2) is 9.97 Å². The van der Waals surface area contributed by atoms with E-state index in [2.05, 4.69) is 37.3 Å². The number of nitrogens with zero attached hydrogens (tertiary/aromatic N) is 5. The van der Waals surface area contributed by atoms with E-state index in [-0.39, 0.29) is 0 Å². The number of hydrogen-bond donors (Lipinski definition) is 1. The number of anilines is 3. The Kier molecular flexibility index (Phi) is 3.74. The van der Waals surface area contributed by atoms with Gasteiger partial charge in [0.05, 0.1) is 0 Å². The third-order valence-electron chi connectivity index (χ3n) is 3.54. The van der Waals surface area contributed by atoms with Crippen molar-refractivity contribution in [3.8, 4) is 0 Å². The van der Waals surface area contributed by atoms with Crippen LogP contribution in [-0.2, 0) is 0 Å². The zero-order chi connectivity index (χ0) is 14.8. The monoisotopic (exact) mass is 288 g/mol. The van der Waals surface area contributed by atoms with Crippen LogP contribution in [0, 0.1) is 13.8 Å². The van der Waals surface area contributed by atoms with E-state index in [1.807, 2.05) is 26.0 Å². The molecule has 1 aliphatic heterocycles. The largest absolute Gasteiger partial charge is 0.360 e. The summed E-state index contributed by atoms with van der Waals surface area (Å²) >= 11 is 0. The van der Waals surface area contributed by atoms with Crippen molar-refractivity contribution in [2.24, 2.45) is 0 Å². The number of rotatable bonds is 3. The summed E-state index contributed by atoms with van der Waals surface area (Å²) in [6, 6.07) is 3.80. The molecule has 112 valence electrons. The second-order valence-corrected chi connectivity index (χ2v) is 5.40. The van der Waals surface area contributed by atoms with Crippen molar-refractivity contribution in [3.05, 3.63) is 23.7 Å². The van der Waals surface area contributed by atoms with Crippen LogP contribution in [0.3, 0.4) is 0 Å². The Morgan fingerprint density at radius 2 is 1.81 bits per heavy atom. The summed E-state index contributed by atoms with van der Waals surface area (Å²) in [5.74, 6) is 3.87. The lowest BCUT2D eigenvalue weighted by molar-refractivity contribution is 0.312. The molecule has 0 aromatic carbocycles. The fraction of sp³-hybridized carbons (Fsp3) is 0.500. The van der Waals surface area contributed by atoms with Gasteiger partial charge in [0.1, 0.15) is 23.2 Å². The second kappa shape index (κ2) is 5.69. The van der Waals surface area contributed by atoms with E-state index in [9.17, 15) is 0 Å². The van der Waals surface area contributed by atoms with Crippen molar-refractivity contribution in [3.63, 3.8) is 0 Å². The maximum atomic E-state index is 5.05. The minimum Gasteiger partial charge on any atom is -0.360 e. The zero-order valence-electron chi connectivity index (χ0n) is 12.6. The number of nitrogens with one attached hydrogen (secondary N) is 1. The molecule has 3 heterocycles. The molecule has 2 aromatic rings. The first kappa shape index (κ1) is 13.8. The van der Waals surface area contributed by atoms with Gasteiger partial charge < -0.3 is 19.6 Å². The Morgan fingerprint density at radius 1 is 1.05 bits per heavy atom. The molecule has 0 atom stereocenters. The number of piperazine rings is 1. The molecule has 0 bridgehead atoms. The molecule has 0 amide bonds. The van der Waals surface area contributed by atoms with E-state index in [1.54, 1.807) is 0 Å². The van der Waals surface area contributed by atoms with Crippen molar-refractivity contribution in [1.82, 2.24) is 20.0 Å². The molecule has 1 aliphatic rings. The Balaban J connectivity index is 1.79. The molecule has 1 saturated heterocycles. The van der Waals surface area contributed by atoms with Crippen LogP contribution >= 0.6 is 0 Å². The summed E-state index contributed by atoms with van der Waals surface area (Å²) in [4.78, 5) is 13.6. The molecule has 0 unspecified atom stereocenters.